The molecule has 2 N–H and O–H groups in total. The Hall–Kier alpha value is -2.96. The van der Waals surface area contributed by atoms with Gasteiger partial charge in [-0.05, 0) is 18.2 Å². The summed E-state index contributed by atoms with van der Waals surface area (Å²) in [6.45, 7) is 0. The van der Waals surface area contributed by atoms with Crippen LogP contribution in [-0.4, -0.2) is 31.8 Å². The van der Waals surface area contributed by atoms with E-state index in [1.54, 1.807) is 16.9 Å². The SMILES string of the molecule is COc1nc(N)nc(-c2ccnn2-c2ccccc2)n1. The second-order valence-corrected chi connectivity index (χ2v) is 3.97. The molecule has 7 nitrogen and oxygen atoms in total. The lowest BCUT2D eigenvalue weighted by Crippen LogP contribution is -2.06. The molecule has 100 valence electrons. The molecule has 0 unspecified atom stereocenters. The zero-order valence-corrected chi connectivity index (χ0v) is 10.8. The minimum Gasteiger partial charge on any atom is -0.467 e. The summed E-state index contributed by atoms with van der Waals surface area (Å²) >= 11 is 0. The standard InChI is InChI=1S/C13H12N6O/c1-20-13-17-11(16-12(14)18-13)10-7-8-15-19(10)9-5-3-2-4-6-9/h2-8H,1H3,(H2,14,16,17,18). The van der Waals surface area contributed by atoms with Crippen LogP contribution in [0.1, 0.15) is 0 Å². The monoisotopic (exact) mass is 268 g/mol. The molecule has 0 saturated carbocycles. The molecule has 0 saturated heterocycles. The first-order chi connectivity index (χ1) is 9.78. The van der Waals surface area contributed by atoms with Crippen LogP contribution < -0.4 is 10.5 Å². The first-order valence-corrected chi connectivity index (χ1v) is 5.93. The van der Waals surface area contributed by atoms with Crippen molar-refractivity contribution in [1.29, 1.82) is 0 Å². The average molecular weight is 268 g/mol. The van der Waals surface area contributed by atoms with Crippen LogP contribution >= 0.6 is 0 Å². The number of ether oxygens (including phenoxy) is 1. The Labute approximate surface area is 115 Å². The van der Waals surface area contributed by atoms with Crippen molar-refractivity contribution < 1.29 is 4.74 Å². The lowest BCUT2D eigenvalue weighted by atomic mass is 10.3. The fourth-order valence-corrected chi connectivity index (χ4v) is 1.83. The third-order valence-electron chi connectivity index (χ3n) is 2.69. The van der Waals surface area contributed by atoms with E-state index >= 15 is 0 Å². The normalized spacial score (nSPS) is 10.4. The summed E-state index contributed by atoms with van der Waals surface area (Å²) in [5.74, 6) is 0.517. The van der Waals surface area contributed by atoms with Crippen LogP contribution in [0.5, 0.6) is 6.01 Å². The van der Waals surface area contributed by atoms with Crippen LogP contribution in [0.3, 0.4) is 0 Å². The first-order valence-electron chi connectivity index (χ1n) is 5.93. The minimum atomic E-state index is 0.104. The van der Waals surface area contributed by atoms with Crippen LogP contribution in [0, 0.1) is 0 Å². The Morgan fingerprint density at radius 2 is 1.85 bits per heavy atom. The number of methoxy groups -OCH3 is 1. The Morgan fingerprint density at radius 1 is 1.05 bits per heavy atom. The molecule has 0 fully saturated rings. The smallest absolute Gasteiger partial charge is 0.321 e. The van der Waals surface area contributed by atoms with Gasteiger partial charge in [0.1, 0.15) is 5.69 Å². The largest absolute Gasteiger partial charge is 0.467 e. The molecule has 0 bridgehead atoms. The summed E-state index contributed by atoms with van der Waals surface area (Å²) in [6.07, 6.45) is 1.68. The maximum Gasteiger partial charge on any atom is 0.321 e. The van der Waals surface area contributed by atoms with E-state index < -0.39 is 0 Å². The van der Waals surface area contributed by atoms with E-state index in [2.05, 4.69) is 20.1 Å². The predicted octanol–water partition coefficient (Wildman–Crippen LogP) is 1.32. The average Bonchev–Trinajstić information content (AvgIpc) is 2.97. The van der Waals surface area contributed by atoms with Gasteiger partial charge < -0.3 is 10.5 Å². The highest BCUT2D eigenvalue weighted by Crippen LogP contribution is 2.20. The van der Waals surface area contributed by atoms with E-state index in [1.807, 2.05) is 30.3 Å². The van der Waals surface area contributed by atoms with E-state index in [4.69, 9.17) is 10.5 Å². The number of rotatable bonds is 3. The molecule has 0 radical (unpaired) electrons. The summed E-state index contributed by atoms with van der Waals surface area (Å²) < 4.78 is 6.74. The van der Waals surface area contributed by atoms with E-state index in [0.717, 1.165) is 5.69 Å². The fourth-order valence-electron chi connectivity index (χ4n) is 1.83. The topological polar surface area (TPSA) is 91.7 Å². The van der Waals surface area contributed by atoms with Gasteiger partial charge in [0.05, 0.1) is 19.0 Å². The summed E-state index contributed by atoms with van der Waals surface area (Å²) in [4.78, 5) is 12.2. The molecule has 1 aromatic carbocycles. The van der Waals surface area contributed by atoms with Crippen LogP contribution in [0.2, 0.25) is 0 Å². The van der Waals surface area contributed by atoms with E-state index in [0.29, 0.717) is 11.5 Å². The van der Waals surface area contributed by atoms with Gasteiger partial charge >= 0.3 is 6.01 Å². The van der Waals surface area contributed by atoms with Gasteiger partial charge in [0, 0.05) is 0 Å². The van der Waals surface area contributed by atoms with Crippen LogP contribution in [0.4, 0.5) is 5.95 Å². The molecule has 0 aliphatic heterocycles. The molecule has 3 rings (SSSR count). The van der Waals surface area contributed by atoms with Crippen molar-refractivity contribution in [1.82, 2.24) is 24.7 Å². The number of nitrogens with two attached hydrogens (primary N) is 1. The predicted molar refractivity (Wildman–Crippen MR) is 73.3 cm³/mol. The summed E-state index contributed by atoms with van der Waals surface area (Å²) in [6, 6.07) is 11.7. The molecule has 2 aromatic heterocycles. The maximum absolute atomic E-state index is 5.66. The molecule has 2 heterocycles. The highest BCUT2D eigenvalue weighted by Gasteiger charge is 2.13. The van der Waals surface area contributed by atoms with Crippen molar-refractivity contribution in [2.75, 3.05) is 12.8 Å². The fraction of sp³-hybridized carbons (Fsp3) is 0.0769. The second-order valence-electron chi connectivity index (χ2n) is 3.97. The lowest BCUT2D eigenvalue weighted by Gasteiger charge is -2.07. The van der Waals surface area contributed by atoms with E-state index in [1.165, 1.54) is 7.11 Å². The third-order valence-corrected chi connectivity index (χ3v) is 2.69. The molecule has 0 spiro atoms. The number of benzene rings is 1. The van der Waals surface area contributed by atoms with Crippen molar-refractivity contribution in [2.24, 2.45) is 0 Å². The number of hydrogen-bond acceptors (Lipinski definition) is 6. The van der Waals surface area contributed by atoms with Crippen LogP contribution in [0.25, 0.3) is 17.2 Å². The van der Waals surface area contributed by atoms with Crippen molar-refractivity contribution in [2.45, 2.75) is 0 Å². The Morgan fingerprint density at radius 3 is 2.60 bits per heavy atom. The van der Waals surface area contributed by atoms with Crippen molar-refractivity contribution in [3.05, 3.63) is 42.6 Å². The third kappa shape index (κ3) is 2.16. The van der Waals surface area contributed by atoms with Gasteiger partial charge in [0.25, 0.3) is 0 Å². The van der Waals surface area contributed by atoms with E-state index in [-0.39, 0.29) is 12.0 Å². The molecule has 0 aliphatic rings. The molecule has 20 heavy (non-hydrogen) atoms. The number of hydrogen-bond donors (Lipinski definition) is 1. The number of nitrogens with zero attached hydrogens (tertiary/aromatic N) is 5. The molecule has 3 aromatic rings. The van der Waals surface area contributed by atoms with Crippen molar-refractivity contribution in [3.8, 4) is 23.2 Å². The second kappa shape index (κ2) is 4.96. The number of aromatic nitrogens is 5. The van der Waals surface area contributed by atoms with E-state index in [9.17, 15) is 0 Å². The zero-order chi connectivity index (χ0) is 13.9. The van der Waals surface area contributed by atoms with Crippen LogP contribution in [-0.2, 0) is 0 Å². The molecule has 0 amide bonds. The minimum absolute atomic E-state index is 0.104. The summed E-state index contributed by atoms with van der Waals surface area (Å²) in [5.41, 5.74) is 7.28. The Balaban J connectivity index is 2.13. The van der Waals surface area contributed by atoms with Gasteiger partial charge in [-0.25, -0.2) is 4.68 Å². The molecular formula is C13H12N6O. The van der Waals surface area contributed by atoms with Gasteiger partial charge in [-0.15, -0.1) is 0 Å². The molecule has 0 aliphatic carbocycles. The van der Waals surface area contributed by atoms with Gasteiger partial charge in [-0.2, -0.15) is 20.1 Å². The molecule has 0 atom stereocenters. The van der Waals surface area contributed by atoms with Gasteiger partial charge in [-0.3, -0.25) is 0 Å². The highest BCUT2D eigenvalue weighted by atomic mass is 16.5. The summed E-state index contributed by atoms with van der Waals surface area (Å²) in [7, 11) is 1.48. The molecular weight excluding hydrogens is 256 g/mol. The Kier molecular flexibility index (Phi) is 3.00. The summed E-state index contributed by atoms with van der Waals surface area (Å²) in [5, 5.41) is 4.28. The number of nitrogen functional groups attached to an aromatic ring is 1. The zero-order valence-electron chi connectivity index (χ0n) is 10.8. The molecule has 7 heteroatoms. The lowest BCUT2D eigenvalue weighted by molar-refractivity contribution is 0.379. The Bertz CT molecular complexity index is 725. The number of anilines is 1. The van der Waals surface area contributed by atoms with Gasteiger partial charge in [-0.1, -0.05) is 18.2 Å². The highest BCUT2D eigenvalue weighted by molar-refractivity contribution is 5.54. The van der Waals surface area contributed by atoms with Crippen LogP contribution in [0.15, 0.2) is 42.6 Å². The van der Waals surface area contributed by atoms with Gasteiger partial charge in [0.2, 0.25) is 5.95 Å². The van der Waals surface area contributed by atoms with Crippen molar-refractivity contribution in [3.63, 3.8) is 0 Å². The van der Waals surface area contributed by atoms with Gasteiger partial charge in [0.15, 0.2) is 5.82 Å². The first kappa shape index (κ1) is 12.1. The maximum atomic E-state index is 5.66. The van der Waals surface area contributed by atoms with Crippen molar-refractivity contribution >= 4 is 5.95 Å². The quantitative estimate of drug-likeness (QED) is 0.770. The number of para-hydroxylation sites is 1.